The number of hydrogen-bond acceptors (Lipinski definition) is 6. The van der Waals surface area contributed by atoms with Gasteiger partial charge in [0.05, 0.1) is 45.4 Å². The highest BCUT2D eigenvalue weighted by Crippen LogP contribution is 2.38. The zero-order valence-corrected chi connectivity index (χ0v) is 22.9. The summed E-state index contributed by atoms with van der Waals surface area (Å²) in [5.74, 6) is 5.42. The molecule has 4 rings (SSSR count). The van der Waals surface area contributed by atoms with E-state index in [-0.39, 0.29) is 23.3 Å². The number of amides is 2. The fourth-order valence-corrected chi connectivity index (χ4v) is 4.72. The topological polar surface area (TPSA) is 120 Å². The second kappa shape index (κ2) is 11.6. The van der Waals surface area contributed by atoms with Crippen LogP contribution in [-0.2, 0) is 16.1 Å². The minimum atomic E-state index is -0.675. The predicted octanol–water partition coefficient (Wildman–Crippen LogP) is 2.78. The quantitative estimate of drug-likeness (QED) is 0.174. The molecule has 3 aromatic rings. The Hall–Kier alpha value is -4.01. The number of imidazole rings is 1. The van der Waals surface area contributed by atoms with Crippen LogP contribution < -0.4 is 11.1 Å². The molecule has 1 aromatic carbocycles. The zero-order valence-electron chi connectivity index (χ0n) is 21.1. The van der Waals surface area contributed by atoms with Crippen LogP contribution in [0.5, 0.6) is 0 Å². The summed E-state index contributed by atoms with van der Waals surface area (Å²) in [6.07, 6.45) is 7.39. The molecule has 2 heterocycles. The van der Waals surface area contributed by atoms with Gasteiger partial charge in [-0.25, -0.2) is 9.67 Å². The molecule has 195 valence electrons. The van der Waals surface area contributed by atoms with E-state index in [1.807, 2.05) is 18.5 Å². The minimum Gasteiger partial charge on any atom is -0.503 e. The van der Waals surface area contributed by atoms with E-state index in [0.29, 0.717) is 41.1 Å². The number of rotatable bonds is 10. The summed E-state index contributed by atoms with van der Waals surface area (Å²) in [7, 11) is 6.53. The number of aromatic nitrogens is 4. The average Bonchev–Trinajstić information content (AvgIpc) is 3.56. The fraction of sp³-hybridized carbons (Fsp3) is 0.308. The first-order chi connectivity index (χ1) is 18.3. The van der Waals surface area contributed by atoms with Crippen LogP contribution >= 0.6 is 11.6 Å². The van der Waals surface area contributed by atoms with E-state index in [2.05, 4.69) is 48.6 Å². The molecule has 0 atom stereocenters. The molecule has 0 saturated heterocycles. The Morgan fingerprint density at radius 2 is 2.16 bits per heavy atom. The summed E-state index contributed by atoms with van der Waals surface area (Å²) >= 11 is 6.55. The zero-order chi connectivity index (χ0) is 27.4. The minimum absolute atomic E-state index is 0.159. The van der Waals surface area contributed by atoms with E-state index in [1.165, 1.54) is 24.3 Å². The maximum absolute atomic E-state index is 12.4. The molecule has 1 aliphatic rings. The predicted molar refractivity (Wildman–Crippen MR) is 147 cm³/mol. The lowest BCUT2D eigenvalue weighted by atomic mass is 10.1. The van der Waals surface area contributed by atoms with Crippen molar-refractivity contribution >= 4 is 50.5 Å². The van der Waals surface area contributed by atoms with Gasteiger partial charge in [-0.2, -0.15) is 5.10 Å². The van der Waals surface area contributed by atoms with Crippen molar-refractivity contribution in [3.63, 3.8) is 0 Å². The van der Waals surface area contributed by atoms with Crippen LogP contribution in [0.15, 0.2) is 43.1 Å². The molecule has 2 aromatic heterocycles. The Balaban J connectivity index is 1.66. The number of aryl methyl sites for hydroxylation is 1. The van der Waals surface area contributed by atoms with Crippen LogP contribution in [0.4, 0.5) is 5.82 Å². The number of nitrogens with one attached hydrogen (secondary N) is 1. The van der Waals surface area contributed by atoms with Crippen molar-refractivity contribution in [2.24, 2.45) is 5.73 Å². The molecule has 0 spiro atoms. The van der Waals surface area contributed by atoms with E-state index in [4.69, 9.17) is 22.1 Å². The van der Waals surface area contributed by atoms with E-state index in [0.717, 1.165) is 23.9 Å². The van der Waals surface area contributed by atoms with Crippen LogP contribution in [0.2, 0.25) is 5.02 Å². The lowest BCUT2D eigenvalue weighted by Gasteiger charge is -2.22. The number of benzene rings is 1. The maximum Gasteiger partial charge on any atom is 0.255 e. The molecule has 12 heteroatoms. The number of halogens is 1. The van der Waals surface area contributed by atoms with E-state index in [1.54, 1.807) is 11.7 Å². The average molecular weight is 549 g/mol. The number of allylic oxidation sites excluding steroid dienone is 1. The maximum atomic E-state index is 12.4. The van der Waals surface area contributed by atoms with Crippen molar-refractivity contribution in [1.82, 2.24) is 24.2 Å². The summed E-state index contributed by atoms with van der Waals surface area (Å²) < 4.78 is 8.89. The number of nitrogens with two attached hydrogens (primary N) is 1. The summed E-state index contributed by atoms with van der Waals surface area (Å²) in [6.45, 7) is 3.84. The van der Waals surface area contributed by atoms with Crippen molar-refractivity contribution in [2.45, 2.75) is 31.8 Å². The summed E-state index contributed by atoms with van der Waals surface area (Å²) in [4.78, 5) is 30.6. The molecular formula is C26H27ClN7O3Si. The number of nitrogens with zero attached hydrogens (tertiary/aromatic N) is 5. The van der Waals surface area contributed by atoms with Gasteiger partial charge in [0.25, 0.3) is 5.91 Å². The van der Waals surface area contributed by atoms with Crippen molar-refractivity contribution in [1.29, 1.82) is 0 Å². The van der Waals surface area contributed by atoms with E-state index >= 15 is 0 Å². The Kier molecular flexibility index (Phi) is 8.24. The highest BCUT2D eigenvalue weighted by atomic mass is 35.5. The van der Waals surface area contributed by atoms with Crippen LogP contribution in [0.25, 0.3) is 11.0 Å². The molecule has 38 heavy (non-hydrogen) atoms. The largest absolute Gasteiger partial charge is 0.503 e. The molecular weight excluding hydrogens is 522 g/mol. The van der Waals surface area contributed by atoms with Crippen LogP contribution in [0.3, 0.4) is 0 Å². The third-order valence-electron chi connectivity index (χ3n) is 6.13. The van der Waals surface area contributed by atoms with Gasteiger partial charge in [0.2, 0.25) is 5.91 Å². The van der Waals surface area contributed by atoms with E-state index in [9.17, 15) is 9.59 Å². The molecule has 10 nitrogen and oxygen atoms in total. The summed E-state index contributed by atoms with van der Waals surface area (Å²) in [5, 5.41) is 8.01. The van der Waals surface area contributed by atoms with E-state index < -0.39 is 5.91 Å². The highest BCUT2D eigenvalue weighted by molar-refractivity contribution is 6.32. The highest BCUT2D eigenvalue weighted by Gasteiger charge is 2.25. The number of primary amides is 1. The van der Waals surface area contributed by atoms with Gasteiger partial charge < -0.3 is 25.3 Å². The standard InChI is InChI=1S/C26H27ClN7O3Si/c1-4-23(35)33(15-38)18(13-37-3)9-10-34-26(29-2)24(25(28)36)20(31-34)8-5-16-11-21-22(12-19(16)27)32(14-30-21)17-6-7-17/h4,11-14,17,29H,1,6-7,9-10,15H2,2-3H3,(H2,28,36)/b18-13+. The summed E-state index contributed by atoms with van der Waals surface area (Å²) in [5.41, 5.74) is 8.99. The molecule has 0 aliphatic heterocycles. The SMILES string of the molecule is C=CC(=O)N(C[Si])/C(=C/OC)CCn1nc(C#Cc2cc3ncn(C4CC4)c3cc2Cl)c(C(N)=O)c1NC. The van der Waals surface area contributed by atoms with Crippen LogP contribution in [0.1, 0.15) is 46.9 Å². The van der Waals surface area contributed by atoms with Gasteiger partial charge in [-0.1, -0.05) is 24.1 Å². The van der Waals surface area contributed by atoms with Crippen LogP contribution in [0, 0.1) is 11.8 Å². The van der Waals surface area contributed by atoms with Crippen LogP contribution in [-0.4, -0.2) is 66.6 Å². The van der Waals surface area contributed by atoms with Gasteiger partial charge in [-0.15, -0.1) is 0 Å². The first-order valence-electron chi connectivity index (χ1n) is 11.9. The second-order valence-electron chi connectivity index (χ2n) is 8.59. The Morgan fingerprint density at radius 3 is 2.76 bits per heavy atom. The van der Waals surface area contributed by atoms with Gasteiger partial charge in [0, 0.05) is 37.8 Å². The number of carbonyl (C=O) groups excluding carboxylic acids is 2. The Bertz CT molecular complexity index is 1490. The number of ether oxygens (including phenoxy) is 1. The number of carbonyl (C=O) groups is 2. The van der Waals surface area contributed by atoms with Gasteiger partial charge in [-0.05, 0) is 37.0 Å². The molecule has 3 radical (unpaired) electrons. The number of fused-ring (bicyclic) bond motifs is 1. The first-order valence-corrected chi connectivity index (χ1v) is 13.0. The second-order valence-corrected chi connectivity index (χ2v) is 9.31. The van der Waals surface area contributed by atoms with Gasteiger partial charge in [0.1, 0.15) is 17.6 Å². The molecule has 3 N–H and O–H groups in total. The molecule has 1 aliphatic carbocycles. The third-order valence-corrected chi connectivity index (χ3v) is 6.76. The third kappa shape index (κ3) is 5.46. The van der Waals surface area contributed by atoms with Gasteiger partial charge in [-0.3, -0.25) is 9.59 Å². The monoisotopic (exact) mass is 548 g/mol. The molecule has 2 amide bonds. The Morgan fingerprint density at radius 1 is 1.39 bits per heavy atom. The molecule has 1 fully saturated rings. The normalized spacial score (nSPS) is 13.1. The number of methoxy groups -OCH3 is 1. The molecule has 0 unspecified atom stereocenters. The Labute approximate surface area is 228 Å². The molecule has 1 saturated carbocycles. The van der Waals surface area contributed by atoms with Crippen molar-refractivity contribution in [3.8, 4) is 11.8 Å². The molecule has 0 bridgehead atoms. The van der Waals surface area contributed by atoms with Crippen molar-refractivity contribution in [2.75, 3.05) is 25.6 Å². The van der Waals surface area contributed by atoms with Crippen molar-refractivity contribution in [3.05, 3.63) is 64.9 Å². The summed E-state index contributed by atoms with van der Waals surface area (Å²) in [6, 6.07) is 4.17. The lowest BCUT2D eigenvalue weighted by Crippen LogP contribution is -2.30. The fourth-order valence-electron chi connectivity index (χ4n) is 4.16. The van der Waals surface area contributed by atoms with Gasteiger partial charge in [0.15, 0.2) is 5.69 Å². The lowest BCUT2D eigenvalue weighted by molar-refractivity contribution is -0.123. The number of anilines is 1. The first kappa shape index (κ1) is 27.0. The van der Waals surface area contributed by atoms with Gasteiger partial charge >= 0.3 is 0 Å². The van der Waals surface area contributed by atoms with Crippen molar-refractivity contribution < 1.29 is 14.3 Å². The smallest absolute Gasteiger partial charge is 0.255 e. The number of hydrogen-bond donors (Lipinski definition) is 2.